The quantitative estimate of drug-likeness (QED) is 0.783. The van der Waals surface area contributed by atoms with Crippen molar-refractivity contribution in [2.45, 2.75) is 37.8 Å². The molecule has 0 spiro atoms. The Morgan fingerprint density at radius 1 is 1.44 bits per heavy atom. The Morgan fingerprint density at radius 3 is 2.75 bits per heavy atom. The van der Waals surface area contributed by atoms with Gasteiger partial charge in [-0.15, -0.1) is 12.4 Å². The van der Waals surface area contributed by atoms with Gasteiger partial charge >= 0.3 is 0 Å². The lowest BCUT2D eigenvalue weighted by Gasteiger charge is -2.17. The van der Waals surface area contributed by atoms with E-state index in [1.807, 2.05) is 11.9 Å². The molecule has 1 saturated carbocycles. The van der Waals surface area contributed by atoms with Crippen molar-refractivity contribution in [1.82, 2.24) is 10.2 Å². The van der Waals surface area contributed by atoms with E-state index in [1.165, 1.54) is 12.8 Å². The summed E-state index contributed by atoms with van der Waals surface area (Å²) < 4.78 is 5.47. The first-order chi connectivity index (χ1) is 7.27. The molecule has 1 aliphatic heterocycles. The third-order valence-electron chi connectivity index (χ3n) is 3.16. The van der Waals surface area contributed by atoms with Gasteiger partial charge in [0.15, 0.2) is 0 Å². The van der Waals surface area contributed by atoms with E-state index < -0.39 is 0 Å². The van der Waals surface area contributed by atoms with Gasteiger partial charge in [-0.05, 0) is 25.7 Å². The number of rotatable bonds is 5. The fourth-order valence-electron chi connectivity index (χ4n) is 1.94. The minimum Gasteiger partial charge on any atom is -0.377 e. The number of ether oxygens (including phenoxy) is 1. The fourth-order valence-corrected chi connectivity index (χ4v) is 1.94. The second-order valence-electron chi connectivity index (χ2n) is 4.50. The van der Waals surface area contributed by atoms with Crippen LogP contribution in [0.4, 0.5) is 0 Å². The Morgan fingerprint density at radius 2 is 2.19 bits per heavy atom. The zero-order valence-electron chi connectivity index (χ0n) is 9.78. The molecule has 1 amide bonds. The second-order valence-corrected chi connectivity index (χ2v) is 4.50. The molecule has 0 aromatic carbocycles. The van der Waals surface area contributed by atoms with Gasteiger partial charge in [0, 0.05) is 26.2 Å². The minimum absolute atomic E-state index is 0. The van der Waals surface area contributed by atoms with E-state index in [0.717, 1.165) is 26.0 Å². The van der Waals surface area contributed by atoms with Gasteiger partial charge < -0.3 is 15.0 Å². The molecule has 16 heavy (non-hydrogen) atoms. The third-order valence-corrected chi connectivity index (χ3v) is 3.16. The maximum Gasteiger partial charge on any atom is 0.236 e. The molecule has 1 heterocycles. The predicted molar refractivity (Wildman–Crippen MR) is 64.9 cm³/mol. The van der Waals surface area contributed by atoms with Crippen LogP contribution >= 0.6 is 12.4 Å². The van der Waals surface area contributed by atoms with Gasteiger partial charge in [-0.2, -0.15) is 0 Å². The Bertz CT molecular complexity index is 228. The molecule has 0 radical (unpaired) electrons. The summed E-state index contributed by atoms with van der Waals surface area (Å²) in [5.74, 6) is 0.204. The first-order valence-corrected chi connectivity index (χ1v) is 5.85. The van der Waals surface area contributed by atoms with Crippen molar-refractivity contribution in [2.75, 3.05) is 26.7 Å². The number of nitrogens with zero attached hydrogens (tertiary/aromatic N) is 1. The molecule has 1 atom stereocenters. The molecule has 4 nitrogen and oxygen atoms in total. The van der Waals surface area contributed by atoms with E-state index in [1.54, 1.807) is 0 Å². The van der Waals surface area contributed by atoms with Gasteiger partial charge in [-0.3, -0.25) is 4.79 Å². The van der Waals surface area contributed by atoms with Crippen molar-refractivity contribution in [1.29, 1.82) is 0 Å². The van der Waals surface area contributed by atoms with Crippen LogP contribution in [0.3, 0.4) is 0 Å². The zero-order chi connectivity index (χ0) is 10.7. The summed E-state index contributed by atoms with van der Waals surface area (Å²) in [6.45, 7) is 2.14. The van der Waals surface area contributed by atoms with Gasteiger partial charge in [0.25, 0.3) is 0 Å². The molecule has 94 valence electrons. The summed E-state index contributed by atoms with van der Waals surface area (Å²) in [6, 6.07) is 0.516. The number of nitrogens with one attached hydrogen (secondary N) is 1. The van der Waals surface area contributed by atoms with Crippen molar-refractivity contribution in [3.05, 3.63) is 0 Å². The molecule has 1 aliphatic carbocycles. The summed E-state index contributed by atoms with van der Waals surface area (Å²) in [6.07, 6.45) is 4.95. The molecule has 2 fully saturated rings. The van der Waals surface area contributed by atoms with Crippen molar-refractivity contribution < 1.29 is 9.53 Å². The van der Waals surface area contributed by atoms with Crippen molar-refractivity contribution >= 4 is 18.3 Å². The summed E-state index contributed by atoms with van der Waals surface area (Å²) >= 11 is 0. The molecule has 0 bridgehead atoms. The van der Waals surface area contributed by atoms with Crippen LogP contribution < -0.4 is 5.32 Å². The van der Waals surface area contributed by atoms with Crippen LogP contribution in [-0.2, 0) is 9.53 Å². The standard InChI is InChI=1S/C11H20N2O2.ClH/c1-13(9-4-5-9)11(14)8-12-7-10-3-2-6-15-10;/h9-10,12H,2-8H2,1H3;1H. The SMILES string of the molecule is CN(C(=O)CNCC1CCCO1)C1CC1.Cl. The number of hydrogen-bond acceptors (Lipinski definition) is 3. The highest BCUT2D eigenvalue weighted by Gasteiger charge is 2.29. The number of carbonyl (C=O) groups is 1. The van der Waals surface area contributed by atoms with Gasteiger partial charge in [-0.1, -0.05) is 0 Å². The number of amides is 1. The summed E-state index contributed by atoms with van der Waals surface area (Å²) in [5, 5.41) is 3.17. The first kappa shape index (κ1) is 13.7. The van der Waals surface area contributed by atoms with Crippen molar-refractivity contribution in [3.63, 3.8) is 0 Å². The molecular formula is C11H21ClN2O2. The summed E-state index contributed by atoms with van der Waals surface area (Å²) in [4.78, 5) is 13.5. The number of carbonyl (C=O) groups excluding carboxylic acids is 1. The van der Waals surface area contributed by atoms with E-state index >= 15 is 0 Å². The predicted octanol–water partition coefficient (Wildman–Crippen LogP) is 0.798. The fraction of sp³-hybridized carbons (Fsp3) is 0.909. The van der Waals surface area contributed by atoms with Crippen LogP contribution in [0.2, 0.25) is 0 Å². The van der Waals surface area contributed by atoms with E-state index in [4.69, 9.17) is 4.74 Å². The highest BCUT2D eigenvalue weighted by molar-refractivity contribution is 5.85. The molecular weight excluding hydrogens is 228 g/mol. The molecule has 2 rings (SSSR count). The summed E-state index contributed by atoms with van der Waals surface area (Å²) in [5.41, 5.74) is 0. The van der Waals surface area contributed by atoms with Gasteiger partial charge in [-0.25, -0.2) is 0 Å². The Hall–Kier alpha value is -0.320. The van der Waals surface area contributed by atoms with Crippen LogP contribution in [0.15, 0.2) is 0 Å². The lowest BCUT2D eigenvalue weighted by atomic mass is 10.2. The van der Waals surface area contributed by atoms with E-state index in [0.29, 0.717) is 18.7 Å². The number of likely N-dealkylation sites (N-methyl/N-ethyl adjacent to an activating group) is 1. The summed E-state index contributed by atoms with van der Waals surface area (Å²) in [7, 11) is 1.90. The Labute approximate surface area is 103 Å². The molecule has 5 heteroatoms. The van der Waals surface area contributed by atoms with E-state index in [2.05, 4.69) is 5.32 Å². The van der Waals surface area contributed by atoms with E-state index in [-0.39, 0.29) is 18.3 Å². The van der Waals surface area contributed by atoms with Crippen LogP contribution in [0.5, 0.6) is 0 Å². The van der Waals surface area contributed by atoms with Gasteiger partial charge in [0.2, 0.25) is 5.91 Å². The lowest BCUT2D eigenvalue weighted by molar-refractivity contribution is -0.129. The largest absolute Gasteiger partial charge is 0.377 e. The van der Waals surface area contributed by atoms with Crippen LogP contribution in [0, 0.1) is 0 Å². The zero-order valence-corrected chi connectivity index (χ0v) is 10.6. The maximum absolute atomic E-state index is 11.6. The van der Waals surface area contributed by atoms with Gasteiger partial charge in [0.1, 0.15) is 0 Å². The normalized spacial score (nSPS) is 23.9. The topological polar surface area (TPSA) is 41.6 Å². The van der Waals surface area contributed by atoms with Crippen LogP contribution in [0.1, 0.15) is 25.7 Å². The molecule has 1 saturated heterocycles. The van der Waals surface area contributed by atoms with Crippen LogP contribution in [-0.4, -0.2) is 49.7 Å². The highest BCUT2D eigenvalue weighted by Crippen LogP contribution is 2.25. The highest BCUT2D eigenvalue weighted by atomic mass is 35.5. The van der Waals surface area contributed by atoms with Gasteiger partial charge in [0.05, 0.1) is 12.6 Å². The molecule has 0 aromatic heterocycles. The Balaban J connectivity index is 0.00000128. The molecule has 1 unspecified atom stereocenters. The second kappa shape index (κ2) is 6.42. The van der Waals surface area contributed by atoms with Crippen molar-refractivity contribution in [3.8, 4) is 0 Å². The van der Waals surface area contributed by atoms with E-state index in [9.17, 15) is 4.79 Å². The minimum atomic E-state index is 0. The first-order valence-electron chi connectivity index (χ1n) is 5.85. The van der Waals surface area contributed by atoms with Crippen LogP contribution in [0.25, 0.3) is 0 Å². The third kappa shape index (κ3) is 3.92. The maximum atomic E-state index is 11.6. The molecule has 0 aromatic rings. The number of hydrogen-bond donors (Lipinski definition) is 1. The Kier molecular flexibility index (Phi) is 5.52. The molecule has 1 N–H and O–H groups in total. The van der Waals surface area contributed by atoms with Crippen molar-refractivity contribution in [2.24, 2.45) is 0 Å². The molecule has 2 aliphatic rings. The lowest BCUT2D eigenvalue weighted by Crippen LogP contribution is -2.39. The number of halogens is 1. The average molecular weight is 249 g/mol. The monoisotopic (exact) mass is 248 g/mol. The smallest absolute Gasteiger partial charge is 0.236 e. The average Bonchev–Trinajstić information content (AvgIpc) is 2.96.